The molecule has 1 heterocycles. The molecule has 88 valence electrons. The van der Waals surface area contributed by atoms with E-state index in [1.165, 1.54) is 25.0 Å². The molecule has 0 unspecified atom stereocenters. The molecule has 0 atom stereocenters. The smallest absolute Gasteiger partial charge is 0.332 e. The van der Waals surface area contributed by atoms with Crippen molar-refractivity contribution < 1.29 is 14.4 Å². The largest absolute Gasteiger partial charge is 0.354 e. The summed E-state index contributed by atoms with van der Waals surface area (Å²) in [7, 11) is 2.93. The minimum Gasteiger partial charge on any atom is -0.354 e. The van der Waals surface area contributed by atoms with Crippen molar-refractivity contribution in [3.63, 3.8) is 0 Å². The molecular weight excluding hydrogens is 216 g/mol. The van der Waals surface area contributed by atoms with Gasteiger partial charge in [-0.05, 0) is 0 Å². The lowest BCUT2D eigenvalue weighted by atomic mass is 10.4. The summed E-state index contributed by atoms with van der Waals surface area (Å²) in [5.41, 5.74) is -1.08. The molecule has 7 nitrogen and oxygen atoms in total. The van der Waals surface area contributed by atoms with E-state index in [-0.39, 0.29) is 6.54 Å². The van der Waals surface area contributed by atoms with E-state index in [1.54, 1.807) is 0 Å². The van der Waals surface area contributed by atoms with Crippen LogP contribution in [0.15, 0.2) is 23.3 Å². The van der Waals surface area contributed by atoms with Crippen molar-refractivity contribution in [3.05, 3.63) is 38.8 Å². The Kier molecular flexibility index (Phi) is 4.15. The van der Waals surface area contributed by atoms with Gasteiger partial charge in [-0.25, -0.2) is 0 Å². The first-order chi connectivity index (χ1) is 7.58. The third-order valence-electron chi connectivity index (χ3n) is 2.04. The Morgan fingerprint density at radius 3 is 2.62 bits per heavy atom. The fourth-order valence-electron chi connectivity index (χ4n) is 1.18. The van der Waals surface area contributed by atoms with Crippen LogP contribution < -0.4 is 5.43 Å². The van der Waals surface area contributed by atoms with E-state index in [0.29, 0.717) is 0 Å². The Labute approximate surface area is 91.4 Å². The number of rotatable bonds is 5. The van der Waals surface area contributed by atoms with Crippen molar-refractivity contribution in [2.24, 2.45) is 0 Å². The molecule has 7 heteroatoms. The average molecular weight is 228 g/mol. The van der Waals surface area contributed by atoms with E-state index in [1.807, 2.05) is 0 Å². The number of nitro groups is 1. The molecule has 0 saturated carbocycles. The molecule has 0 fully saturated rings. The fourth-order valence-corrected chi connectivity index (χ4v) is 1.18. The molecule has 0 saturated heterocycles. The number of aromatic nitrogens is 1. The first-order valence-electron chi connectivity index (χ1n) is 4.48. The second-order valence-corrected chi connectivity index (χ2v) is 3.05. The van der Waals surface area contributed by atoms with Gasteiger partial charge in [0.25, 0.3) is 5.43 Å². The molecule has 0 aliphatic rings. The standard InChI is InChI=1S/C9H12N2O5/c1-15-9(16-2)6-10-4-3-8(12)7(5-10)11(13)14/h3-5,9H,6H2,1-2H3. The maximum atomic E-state index is 11.1. The van der Waals surface area contributed by atoms with E-state index in [2.05, 4.69) is 0 Å². The van der Waals surface area contributed by atoms with Gasteiger partial charge in [-0.2, -0.15) is 0 Å². The summed E-state index contributed by atoms with van der Waals surface area (Å²) in [6.45, 7) is 0.272. The monoisotopic (exact) mass is 228 g/mol. The van der Waals surface area contributed by atoms with Gasteiger partial charge in [-0.1, -0.05) is 0 Å². The number of ether oxygens (including phenoxy) is 2. The molecule has 0 N–H and O–H groups in total. The topological polar surface area (TPSA) is 83.6 Å². The van der Waals surface area contributed by atoms with Crippen LogP contribution >= 0.6 is 0 Å². The average Bonchev–Trinajstić information content (AvgIpc) is 2.27. The second-order valence-electron chi connectivity index (χ2n) is 3.05. The highest BCUT2D eigenvalue weighted by Crippen LogP contribution is 2.04. The first-order valence-corrected chi connectivity index (χ1v) is 4.48. The Morgan fingerprint density at radius 1 is 1.50 bits per heavy atom. The summed E-state index contributed by atoms with van der Waals surface area (Å²) < 4.78 is 11.4. The van der Waals surface area contributed by atoms with Gasteiger partial charge in [-0.3, -0.25) is 14.9 Å². The Balaban J connectivity index is 2.95. The van der Waals surface area contributed by atoms with Crippen LogP contribution in [0.3, 0.4) is 0 Å². The van der Waals surface area contributed by atoms with Gasteiger partial charge in [0.05, 0.1) is 17.7 Å². The van der Waals surface area contributed by atoms with Crippen molar-refractivity contribution in [1.29, 1.82) is 0 Å². The number of pyridine rings is 1. The number of nitrogens with zero attached hydrogens (tertiary/aromatic N) is 2. The van der Waals surface area contributed by atoms with E-state index < -0.39 is 22.3 Å². The Bertz CT molecular complexity index is 424. The van der Waals surface area contributed by atoms with Crippen LogP contribution in [0.25, 0.3) is 0 Å². The number of hydrogen-bond acceptors (Lipinski definition) is 5. The third-order valence-corrected chi connectivity index (χ3v) is 2.04. The summed E-state index contributed by atoms with van der Waals surface area (Å²) in [6.07, 6.45) is 2.09. The lowest BCUT2D eigenvalue weighted by Crippen LogP contribution is -2.21. The van der Waals surface area contributed by atoms with Crippen LogP contribution in [0.4, 0.5) is 5.69 Å². The molecule has 1 aromatic heterocycles. The van der Waals surface area contributed by atoms with Crippen LogP contribution in [0.1, 0.15) is 0 Å². The highest BCUT2D eigenvalue weighted by molar-refractivity contribution is 5.25. The van der Waals surface area contributed by atoms with Gasteiger partial charge < -0.3 is 14.0 Å². The summed E-state index contributed by atoms with van der Waals surface area (Å²) in [6, 6.07) is 1.14. The predicted octanol–water partition coefficient (Wildman–Crippen LogP) is 0.375. The Hall–Kier alpha value is -1.73. The highest BCUT2D eigenvalue weighted by Gasteiger charge is 2.13. The lowest BCUT2D eigenvalue weighted by Gasteiger charge is -2.14. The molecule has 0 spiro atoms. The molecule has 0 aliphatic heterocycles. The van der Waals surface area contributed by atoms with Gasteiger partial charge in [0.2, 0.25) is 0 Å². The van der Waals surface area contributed by atoms with Crippen molar-refractivity contribution >= 4 is 5.69 Å². The summed E-state index contributed by atoms with van der Waals surface area (Å²) >= 11 is 0. The van der Waals surface area contributed by atoms with E-state index in [0.717, 1.165) is 12.3 Å². The van der Waals surface area contributed by atoms with Gasteiger partial charge in [-0.15, -0.1) is 0 Å². The van der Waals surface area contributed by atoms with Crippen LogP contribution in [-0.4, -0.2) is 30.0 Å². The molecule has 1 aromatic rings. The zero-order valence-corrected chi connectivity index (χ0v) is 8.95. The molecular formula is C9H12N2O5. The molecule has 0 bridgehead atoms. The van der Waals surface area contributed by atoms with Gasteiger partial charge >= 0.3 is 5.69 Å². The lowest BCUT2D eigenvalue weighted by molar-refractivity contribution is -0.386. The summed E-state index contributed by atoms with van der Waals surface area (Å²) in [5.74, 6) is 0. The summed E-state index contributed by atoms with van der Waals surface area (Å²) in [4.78, 5) is 20.9. The van der Waals surface area contributed by atoms with Crippen molar-refractivity contribution in [2.45, 2.75) is 12.8 Å². The molecule has 0 radical (unpaired) electrons. The SMILES string of the molecule is COC(Cn1ccc(=O)c([N+](=O)[O-])c1)OC. The molecule has 1 rings (SSSR count). The minimum absolute atomic E-state index is 0.272. The predicted molar refractivity (Wildman–Crippen MR) is 55.2 cm³/mol. The zero-order valence-electron chi connectivity index (χ0n) is 8.95. The quantitative estimate of drug-likeness (QED) is 0.413. The maximum absolute atomic E-state index is 11.1. The number of hydrogen-bond donors (Lipinski definition) is 0. The molecule has 16 heavy (non-hydrogen) atoms. The zero-order chi connectivity index (χ0) is 12.1. The first kappa shape index (κ1) is 12.3. The van der Waals surface area contributed by atoms with Crippen LogP contribution in [0, 0.1) is 10.1 Å². The molecule has 0 aromatic carbocycles. The van der Waals surface area contributed by atoms with Gasteiger partial charge in [0.1, 0.15) is 0 Å². The van der Waals surface area contributed by atoms with E-state index in [4.69, 9.17) is 9.47 Å². The second kappa shape index (κ2) is 5.38. The normalized spacial score (nSPS) is 10.7. The minimum atomic E-state index is -0.715. The highest BCUT2D eigenvalue weighted by atomic mass is 16.7. The molecule has 0 amide bonds. The van der Waals surface area contributed by atoms with Crippen molar-refractivity contribution in [3.8, 4) is 0 Å². The van der Waals surface area contributed by atoms with Gasteiger partial charge in [0.15, 0.2) is 6.29 Å². The summed E-state index contributed by atoms with van der Waals surface area (Å²) in [5, 5.41) is 10.5. The van der Waals surface area contributed by atoms with E-state index in [9.17, 15) is 14.9 Å². The van der Waals surface area contributed by atoms with Crippen molar-refractivity contribution in [1.82, 2.24) is 4.57 Å². The van der Waals surface area contributed by atoms with Crippen molar-refractivity contribution in [2.75, 3.05) is 14.2 Å². The Morgan fingerprint density at radius 2 is 2.12 bits per heavy atom. The van der Waals surface area contributed by atoms with Crippen LogP contribution in [-0.2, 0) is 16.0 Å². The number of methoxy groups -OCH3 is 2. The third kappa shape index (κ3) is 2.88. The van der Waals surface area contributed by atoms with Crippen LogP contribution in [0.5, 0.6) is 0 Å². The van der Waals surface area contributed by atoms with Crippen LogP contribution in [0.2, 0.25) is 0 Å². The van der Waals surface area contributed by atoms with Gasteiger partial charge in [0, 0.05) is 26.5 Å². The molecule has 0 aliphatic carbocycles. The fraction of sp³-hybridized carbons (Fsp3) is 0.444. The maximum Gasteiger partial charge on any atom is 0.332 e. The van der Waals surface area contributed by atoms with E-state index >= 15 is 0 Å².